The third-order valence-corrected chi connectivity index (χ3v) is 3.89. The highest BCUT2D eigenvalue weighted by molar-refractivity contribution is 7.10. The van der Waals surface area contributed by atoms with E-state index in [-0.39, 0.29) is 5.15 Å². The minimum Gasteiger partial charge on any atom is -0.494 e. The van der Waals surface area contributed by atoms with Gasteiger partial charge in [-0.15, -0.1) is 0 Å². The van der Waals surface area contributed by atoms with Gasteiger partial charge < -0.3 is 10.1 Å². The van der Waals surface area contributed by atoms with Gasteiger partial charge in [0.05, 0.1) is 6.61 Å². The SMILES string of the molecule is CCOc1ccccc1CCNc1snc(Cl)c1C#N. The summed E-state index contributed by atoms with van der Waals surface area (Å²) in [4.78, 5) is 0. The smallest absolute Gasteiger partial charge is 0.162 e. The monoisotopic (exact) mass is 307 g/mol. The van der Waals surface area contributed by atoms with Gasteiger partial charge in [-0.2, -0.15) is 9.64 Å². The Morgan fingerprint density at radius 2 is 2.25 bits per heavy atom. The van der Waals surface area contributed by atoms with Crippen LogP contribution in [0.3, 0.4) is 0 Å². The average Bonchev–Trinajstić information content (AvgIpc) is 2.81. The van der Waals surface area contributed by atoms with Gasteiger partial charge in [0.15, 0.2) is 5.15 Å². The van der Waals surface area contributed by atoms with Crippen LogP contribution < -0.4 is 10.1 Å². The number of halogens is 1. The van der Waals surface area contributed by atoms with E-state index >= 15 is 0 Å². The number of hydrogen-bond acceptors (Lipinski definition) is 5. The molecular formula is C14H14ClN3OS. The zero-order valence-corrected chi connectivity index (χ0v) is 12.6. The molecule has 0 aliphatic carbocycles. The molecule has 104 valence electrons. The highest BCUT2D eigenvalue weighted by Gasteiger charge is 2.11. The molecule has 2 aromatic rings. The van der Waals surface area contributed by atoms with Gasteiger partial charge in [-0.25, -0.2) is 0 Å². The fourth-order valence-electron chi connectivity index (χ4n) is 1.81. The molecule has 6 heteroatoms. The molecule has 1 aromatic carbocycles. The lowest BCUT2D eigenvalue weighted by atomic mass is 10.1. The highest BCUT2D eigenvalue weighted by Crippen LogP contribution is 2.27. The van der Waals surface area contributed by atoms with Crippen LogP contribution >= 0.6 is 23.1 Å². The fraction of sp³-hybridized carbons (Fsp3) is 0.286. The third-order valence-electron chi connectivity index (χ3n) is 2.71. The summed E-state index contributed by atoms with van der Waals surface area (Å²) in [5, 5.41) is 13.2. The van der Waals surface area contributed by atoms with Crippen LogP contribution in [0.15, 0.2) is 24.3 Å². The minimum absolute atomic E-state index is 0.259. The summed E-state index contributed by atoms with van der Waals surface area (Å²) in [7, 11) is 0. The molecule has 4 nitrogen and oxygen atoms in total. The molecule has 0 aliphatic rings. The van der Waals surface area contributed by atoms with Crippen molar-refractivity contribution in [2.45, 2.75) is 13.3 Å². The number of hydrogen-bond donors (Lipinski definition) is 1. The normalized spacial score (nSPS) is 10.1. The lowest BCUT2D eigenvalue weighted by Crippen LogP contribution is -2.06. The van der Waals surface area contributed by atoms with Crippen molar-refractivity contribution in [2.75, 3.05) is 18.5 Å². The third kappa shape index (κ3) is 3.41. The number of anilines is 1. The number of nitrogens with zero attached hydrogens (tertiary/aromatic N) is 2. The Bertz CT molecular complexity index is 621. The summed E-state index contributed by atoms with van der Waals surface area (Å²) in [5.41, 5.74) is 1.55. The van der Waals surface area contributed by atoms with E-state index in [9.17, 15) is 0 Å². The first kappa shape index (κ1) is 14.6. The second-order valence-electron chi connectivity index (χ2n) is 4.01. The van der Waals surface area contributed by atoms with Crippen LogP contribution in [0.2, 0.25) is 5.15 Å². The fourth-order valence-corrected chi connectivity index (χ4v) is 2.76. The molecule has 1 aromatic heterocycles. The molecule has 0 unspecified atom stereocenters. The van der Waals surface area contributed by atoms with E-state index in [4.69, 9.17) is 21.6 Å². The molecule has 0 fully saturated rings. The molecular weight excluding hydrogens is 294 g/mol. The van der Waals surface area contributed by atoms with Crippen molar-refractivity contribution in [3.63, 3.8) is 0 Å². The first-order valence-electron chi connectivity index (χ1n) is 6.26. The van der Waals surface area contributed by atoms with Gasteiger partial charge in [0, 0.05) is 6.54 Å². The van der Waals surface area contributed by atoms with Crippen LogP contribution in [-0.4, -0.2) is 17.5 Å². The topological polar surface area (TPSA) is 57.9 Å². The van der Waals surface area contributed by atoms with E-state index in [1.165, 1.54) is 11.5 Å². The minimum atomic E-state index is 0.259. The maximum absolute atomic E-state index is 8.99. The summed E-state index contributed by atoms with van der Waals surface area (Å²) in [6.07, 6.45) is 0.802. The molecule has 20 heavy (non-hydrogen) atoms. The maximum atomic E-state index is 8.99. The number of nitrogens with one attached hydrogen (secondary N) is 1. The predicted molar refractivity (Wildman–Crippen MR) is 81.6 cm³/mol. The van der Waals surface area contributed by atoms with Gasteiger partial charge in [-0.05, 0) is 36.5 Å². The highest BCUT2D eigenvalue weighted by atomic mass is 35.5. The van der Waals surface area contributed by atoms with Crippen molar-refractivity contribution in [2.24, 2.45) is 0 Å². The van der Waals surface area contributed by atoms with Gasteiger partial charge >= 0.3 is 0 Å². The van der Waals surface area contributed by atoms with Crippen molar-refractivity contribution in [3.05, 3.63) is 40.5 Å². The maximum Gasteiger partial charge on any atom is 0.162 e. The molecule has 0 spiro atoms. The van der Waals surface area contributed by atoms with Crippen molar-refractivity contribution < 1.29 is 4.74 Å². The van der Waals surface area contributed by atoms with E-state index < -0.39 is 0 Å². The molecule has 0 bridgehead atoms. The molecule has 0 saturated carbocycles. The van der Waals surface area contributed by atoms with Crippen LogP contribution in [0.5, 0.6) is 5.75 Å². The largest absolute Gasteiger partial charge is 0.494 e. The average molecular weight is 308 g/mol. The Labute approximate surface area is 127 Å². The van der Waals surface area contributed by atoms with E-state index in [2.05, 4.69) is 15.8 Å². The molecule has 2 rings (SSSR count). The molecule has 0 amide bonds. The van der Waals surface area contributed by atoms with Crippen LogP contribution in [0, 0.1) is 11.3 Å². The van der Waals surface area contributed by atoms with E-state index in [1.54, 1.807) is 0 Å². The van der Waals surface area contributed by atoms with Crippen LogP contribution in [-0.2, 0) is 6.42 Å². The molecule has 0 radical (unpaired) electrons. The molecule has 1 N–H and O–H groups in total. The van der Waals surface area contributed by atoms with Crippen molar-refractivity contribution in [1.29, 1.82) is 5.26 Å². The van der Waals surface area contributed by atoms with Gasteiger partial charge in [0.2, 0.25) is 0 Å². The Morgan fingerprint density at radius 3 is 3.00 bits per heavy atom. The van der Waals surface area contributed by atoms with Gasteiger partial charge in [-0.3, -0.25) is 0 Å². The standard InChI is InChI=1S/C14H14ClN3OS/c1-2-19-12-6-4-3-5-10(12)7-8-17-14-11(9-16)13(15)18-20-14/h3-6,17H,2,7-8H2,1H3. The van der Waals surface area contributed by atoms with Crippen LogP contribution in [0.1, 0.15) is 18.1 Å². The summed E-state index contributed by atoms with van der Waals surface area (Å²) < 4.78 is 9.54. The summed E-state index contributed by atoms with van der Waals surface area (Å²) in [6.45, 7) is 3.30. The number of rotatable bonds is 6. The van der Waals surface area contributed by atoms with E-state index in [0.717, 1.165) is 17.7 Å². The van der Waals surface area contributed by atoms with Crippen LogP contribution in [0.4, 0.5) is 5.00 Å². The number of ether oxygens (including phenoxy) is 1. The first-order chi connectivity index (χ1) is 9.76. The van der Waals surface area contributed by atoms with Crippen molar-refractivity contribution >= 4 is 28.1 Å². The Kier molecular flexibility index (Phi) is 5.22. The summed E-state index contributed by atoms with van der Waals surface area (Å²) in [5.74, 6) is 0.902. The number of nitriles is 1. The molecule has 0 atom stereocenters. The van der Waals surface area contributed by atoms with Crippen molar-refractivity contribution in [1.82, 2.24) is 4.37 Å². The van der Waals surface area contributed by atoms with Gasteiger partial charge in [0.1, 0.15) is 22.4 Å². The molecule has 0 saturated heterocycles. The Morgan fingerprint density at radius 1 is 1.45 bits per heavy atom. The lowest BCUT2D eigenvalue weighted by Gasteiger charge is -2.10. The molecule has 1 heterocycles. The van der Waals surface area contributed by atoms with Gasteiger partial charge in [-0.1, -0.05) is 29.8 Å². The molecule has 0 aliphatic heterocycles. The number of benzene rings is 1. The van der Waals surface area contributed by atoms with E-state index in [0.29, 0.717) is 23.7 Å². The van der Waals surface area contributed by atoms with E-state index in [1.807, 2.05) is 31.2 Å². The second-order valence-corrected chi connectivity index (χ2v) is 5.14. The number of para-hydroxylation sites is 1. The predicted octanol–water partition coefficient (Wildman–Crippen LogP) is 3.72. The summed E-state index contributed by atoms with van der Waals surface area (Å²) in [6, 6.07) is 10.00. The van der Waals surface area contributed by atoms with Gasteiger partial charge in [0.25, 0.3) is 0 Å². The first-order valence-corrected chi connectivity index (χ1v) is 7.41. The summed E-state index contributed by atoms with van der Waals surface area (Å²) >= 11 is 7.03. The Hall–Kier alpha value is -1.77. The Balaban J connectivity index is 1.98. The second kappa shape index (κ2) is 7.13. The van der Waals surface area contributed by atoms with Crippen molar-refractivity contribution in [3.8, 4) is 11.8 Å². The quantitative estimate of drug-likeness (QED) is 0.883. The number of aromatic nitrogens is 1. The zero-order chi connectivity index (χ0) is 14.4. The van der Waals surface area contributed by atoms with Crippen LogP contribution in [0.25, 0.3) is 0 Å². The zero-order valence-electron chi connectivity index (χ0n) is 11.0. The lowest BCUT2D eigenvalue weighted by molar-refractivity contribution is 0.336.